The van der Waals surface area contributed by atoms with E-state index in [1.807, 2.05) is 36.5 Å². The maximum absolute atomic E-state index is 13.0. The number of carbonyl (C=O) groups excluding carboxylic acids is 1. The molecule has 2 heterocycles. The van der Waals surface area contributed by atoms with Gasteiger partial charge in [-0.3, -0.25) is 9.48 Å². The molecule has 1 aliphatic heterocycles. The largest absolute Gasteiger partial charge is 0.486 e. The number of fused-ring (bicyclic) bond motifs is 1. The molecule has 34 heavy (non-hydrogen) atoms. The van der Waals surface area contributed by atoms with Gasteiger partial charge in [0.05, 0.1) is 11.4 Å². The molecular weight excluding hydrogens is 456 g/mol. The summed E-state index contributed by atoms with van der Waals surface area (Å²) in [6, 6.07) is 13.1. The van der Waals surface area contributed by atoms with Gasteiger partial charge in [0.25, 0.3) is 0 Å². The molecule has 0 spiro atoms. The number of aromatic nitrogens is 2. The molecule has 1 amide bonds. The normalized spacial score (nSPS) is 14.1. The van der Waals surface area contributed by atoms with Gasteiger partial charge in [0.1, 0.15) is 19.3 Å². The molecule has 2 aromatic carbocycles. The predicted molar refractivity (Wildman–Crippen MR) is 126 cm³/mol. The molecule has 2 N–H and O–H groups in total. The van der Waals surface area contributed by atoms with E-state index in [4.69, 9.17) is 9.47 Å². The molecule has 4 rings (SSSR count). The van der Waals surface area contributed by atoms with Crippen LogP contribution < -0.4 is 19.5 Å². The van der Waals surface area contributed by atoms with Gasteiger partial charge in [-0.1, -0.05) is 38.1 Å². The van der Waals surface area contributed by atoms with Gasteiger partial charge in [-0.2, -0.15) is 9.82 Å². The molecule has 0 fully saturated rings. The number of carbonyl (C=O) groups is 1. The highest BCUT2D eigenvalue weighted by Crippen LogP contribution is 2.32. The highest BCUT2D eigenvalue weighted by molar-refractivity contribution is 7.89. The minimum atomic E-state index is -3.97. The highest BCUT2D eigenvalue weighted by atomic mass is 32.2. The first-order chi connectivity index (χ1) is 16.3. The number of amides is 1. The fourth-order valence-electron chi connectivity index (χ4n) is 3.66. The van der Waals surface area contributed by atoms with Gasteiger partial charge < -0.3 is 14.8 Å². The highest BCUT2D eigenvalue weighted by Gasteiger charge is 2.29. The third-order valence-electron chi connectivity index (χ3n) is 5.52. The lowest BCUT2D eigenvalue weighted by atomic mass is 10.0. The van der Waals surface area contributed by atoms with Crippen molar-refractivity contribution < 1.29 is 22.7 Å². The van der Waals surface area contributed by atoms with Crippen molar-refractivity contribution in [1.29, 1.82) is 0 Å². The van der Waals surface area contributed by atoms with E-state index in [9.17, 15) is 13.2 Å². The third kappa shape index (κ3) is 5.57. The summed E-state index contributed by atoms with van der Waals surface area (Å²) in [5.41, 5.74) is 1.95. The average molecular weight is 485 g/mol. The Morgan fingerprint density at radius 3 is 2.50 bits per heavy atom. The van der Waals surface area contributed by atoms with Gasteiger partial charge in [0, 0.05) is 25.0 Å². The van der Waals surface area contributed by atoms with E-state index in [1.54, 1.807) is 30.8 Å². The van der Waals surface area contributed by atoms with Crippen LogP contribution in [0.1, 0.15) is 25.0 Å². The van der Waals surface area contributed by atoms with Gasteiger partial charge in [-0.15, -0.1) is 0 Å². The molecular formula is C24H28N4O5S. The summed E-state index contributed by atoms with van der Waals surface area (Å²) in [7, 11) is -3.97. The van der Waals surface area contributed by atoms with Crippen molar-refractivity contribution in [3.05, 3.63) is 72.1 Å². The van der Waals surface area contributed by atoms with Crippen molar-refractivity contribution in [2.75, 3.05) is 13.2 Å². The summed E-state index contributed by atoms with van der Waals surface area (Å²) in [5, 5.41) is 7.12. The molecule has 1 aliphatic rings. The minimum Gasteiger partial charge on any atom is -0.486 e. The number of nitrogens with one attached hydrogen (secondary N) is 2. The first-order valence-corrected chi connectivity index (χ1v) is 12.6. The van der Waals surface area contributed by atoms with E-state index < -0.39 is 22.0 Å². The molecule has 0 radical (unpaired) electrons. The topological polar surface area (TPSA) is 112 Å². The predicted octanol–water partition coefficient (Wildman–Crippen LogP) is 2.32. The zero-order chi connectivity index (χ0) is 24.1. The Hall–Kier alpha value is -3.37. The number of benzene rings is 2. The monoisotopic (exact) mass is 484 g/mol. The van der Waals surface area contributed by atoms with E-state index in [1.165, 1.54) is 12.1 Å². The minimum absolute atomic E-state index is 0.0137. The van der Waals surface area contributed by atoms with Crippen LogP contribution in [0.2, 0.25) is 0 Å². The standard InChI is InChI=1S/C24H28N4O5S/c1-17(2)23(27-34(30,31)20-8-9-21-22(14-20)33-13-12-32-21)24(29)25-15-18-6-3-4-7-19(18)16-28-11-5-10-26-28/h3-11,14,17,23,27H,12-13,15-16H2,1-2H3,(H,25,29). The second-order valence-electron chi connectivity index (χ2n) is 8.34. The maximum atomic E-state index is 13.0. The van der Waals surface area contributed by atoms with Gasteiger partial charge in [0.2, 0.25) is 15.9 Å². The van der Waals surface area contributed by atoms with Crippen LogP contribution in [0.25, 0.3) is 0 Å². The van der Waals surface area contributed by atoms with Crippen molar-refractivity contribution in [2.45, 2.75) is 37.9 Å². The Kier molecular flexibility index (Phi) is 7.18. The maximum Gasteiger partial charge on any atom is 0.241 e. The van der Waals surface area contributed by atoms with E-state index in [-0.39, 0.29) is 17.4 Å². The van der Waals surface area contributed by atoms with Crippen molar-refractivity contribution in [3.63, 3.8) is 0 Å². The fourth-order valence-corrected chi connectivity index (χ4v) is 5.02. The molecule has 1 unspecified atom stereocenters. The summed E-state index contributed by atoms with van der Waals surface area (Å²) in [6.07, 6.45) is 3.59. The Labute approximate surface area is 199 Å². The van der Waals surface area contributed by atoms with Crippen molar-refractivity contribution in [3.8, 4) is 11.5 Å². The van der Waals surface area contributed by atoms with E-state index >= 15 is 0 Å². The van der Waals surface area contributed by atoms with Crippen LogP contribution in [0.5, 0.6) is 11.5 Å². The Morgan fingerprint density at radius 1 is 1.06 bits per heavy atom. The molecule has 0 aliphatic carbocycles. The lowest BCUT2D eigenvalue weighted by Gasteiger charge is -2.23. The van der Waals surface area contributed by atoms with Gasteiger partial charge >= 0.3 is 0 Å². The van der Waals surface area contributed by atoms with Crippen LogP contribution in [0.3, 0.4) is 0 Å². The molecule has 9 nitrogen and oxygen atoms in total. The Bertz CT molecular complexity index is 1240. The number of sulfonamides is 1. The number of hydrogen-bond acceptors (Lipinski definition) is 6. The second kappa shape index (κ2) is 10.3. The Morgan fingerprint density at radius 2 is 1.79 bits per heavy atom. The number of hydrogen-bond donors (Lipinski definition) is 2. The number of ether oxygens (including phenoxy) is 2. The zero-order valence-corrected chi connectivity index (χ0v) is 19.9. The molecule has 180 valence electrons. The molecule has 0 bridgehead atoms. The first-order valence-electron chi connectivity index (χ1n) is 11.1. The quantitative estimate of drug-likeness (QED) is 0.482. The second-order valence-corrected chi connectivity index (χ2v) is 10.1. The van der Waals surface area contributed by atoms with E-state index in [2.05, 4.69) is 15.1 Å². The smallest absolute Gasteiger partial charge is 0.241 e. The third-order valence-corrected chi connectivity index (χ3v) is 6.96. The summed E-state index contributed by atoms with van der Waals surface area (Å²) in [4.78, 5) is 13.0. The summed E-state index contributed by atoms with van der Waals surface area (Å²) in [6.45, 7) is 5.19. The average Bonchev–Trinajstić information content (AvgIpc) is 3.34. The molecule has 3 aromatic rings. The van der Waals surface area contributed by atoms with Crippen LogP contribution in [-0.4, -0.2) is 43.4 Å². The number of nitrogens with zero attached hydrogens (tertiary/aromatic N) is 2. The zero-order valence-electron chi connectivity index (χ0n) is 19.1. The summed E-state index contributed by atoms with van der Waals surface area (Å²) < 4.78 is 41.4. The van der Waals surface area contributed by atoms with Crippen LogP contribution in [-0.2, 0) is 27.9 Å². The van der Waals surface area contributed by atoms with E-state index in [0.29, 0.717) is 31.3 Å². The Balaban J connectivity index is 1.45. The number of rotatable bonds is 9. The van der Waals surface area contributed by atoms with Crippen molar-refractivity contribution >= 4 is 15.9 Å². The van der Waals surface area contributed by atoms with Crippen LogP contribution in [0.15, 0.2) is 65.8 Å². The van der Waals surface area contributed by atoms with Crippen molar-refractivity contribution in [1.82, 2.24) is 19.8 Å². The molecule has 1 atom stereocenters. The fraction of sp³-hybridized carbons (Fsp3) is 0.333. The molecule has 0 saturated heterocycles. The lowest BCUT2D eigenvalue weighted by Crippen LogP contribution is -2.49. The lowest BCUT2D eigenvalue weighted by molar-refractivity contribution is -0.123. The van der Waals surface area contributed by atoms with Crippen molar-refractivity contribution in [2.24, 2.45) is 5.92 Å². The molecule has 10 heteroatoms. The SMILES string of the molecule is CC(C)C(NS(=O)(=O)c1ccc2c(c1)OCCO2)C(=O)NCc1ccccc1Cn1cccn1. The summed E-state index contributed by atoms with van der Waals surface area (Å²) in [5.74, 6) is 0.196. The van der Waals surface area contributed by atoms with Crippen LogP contribution in [0.4, 0.5) is 0 Å². The molecule has 0 saturated carbocycles. The first kappa shape index (κ1) is 23.8. The van der Waals surface area contributed by atoms with E-state index in [0.717, 1.165) is 11.1 Å². The van der Waals surface area contributed by atoms with Gasteiger partial charge in [-0.25, -0.2) is 8.42 Å². The molecule has 1 aromatic heterocycles. The summed E-state index contributed by atoms with van der Waals surface area (Å²) >= 11 is 0. The van der Waals surface area contributed by atoms with Gasteiger partial charge in [-0.05, 0) is 35.2 Å². The van der Waals surface area contributed by atoms with Crippen LogP contribution >= 0.6 is 0 Å². The van der Waals surface area contributed by atoms with Crippen LogP contribution in [0, 0.1) is 5.92 Å². The van der Waals surface area contributed by atoms with Gasteiger partial charge in [0.15, 0.2) is 11.5 Å².